The van der Waals surface area contributed by atoms with E-state index in [9.17, 15) is 9.59 Å². The first kappa shape index (κ1) is 19.2. The van der Waals surface area contributed by atoms with Gasteiger partial charge in [0.2, 0.25) is 5.91 Å². The molecule has 3 rings (SSSR count). The summed E-state index contributed by atoms with van der Waals surface area (Å²) >= 11 is 3.41. The van der Waals surface area contributed by atoms with Gasteiger partial charge < -0.3 is 19.9 Å². The van der Waals surface area contributed by atoms with Crippen molar-refractivity contribution < 1.29 is 14.3 Å². The fourth-order valence-electron chi connectivity index (χ4n) is 3.12. The van der Waals surface area contributed by atoms with Crippen molar-refractivity contribution in [2.24, 2.45) is 0 Å². The Labute approximate surface area is 167 Å². The number of hydrogen-bond acceptors (Lipinski definition) is 4. The van der Waals surface area contributed by atoms with E-state index in [0.29, 0.717) is 24.4 Å². The van der Waals surface area contributed by atoms with Crippen LogP contribution >= 0.6 is 15.9 Å². The highest BCUT2D eigenvalue weighted by atomic mass is 79.9. The first-order valence-electron chi connectivity index (χ1n) is 8.74. The summed E-state index contributed by atoms with van der Waals surface area (Å²) in [5.41, 5.74) is 2.26. The number of carbonyl (C=O) groups is 2. The Bertz CT molecular complexity index is 848. The normalized spacial score (nSPS) is 14.0. The molecule has 0 unspecified atom stereocenters. The maximum atomic E-state index is 12.7. The van der Waals surface area contributed by atoms with Crippen LogP contribution in [0.15, 0.2) is 46.9 Å². The fourth-order valence-corrected chi connectivity index (χ4v) is 3.66. The Morgan fingerprint density at radius 1 is 1.07 bits per heavy atom. The summed E-state index contributed by atoms with van der Waals surface area (Å²) in [4.78, 5) is 28.3. The summed E-state index contributed by atoms with van der Waals surface area (Å²) < 4.78 is 5.94. The minimum absolute atomic E-state index is 0.0984. The molecule has 2 aromatic rings. The van der Waals surface area contributed by atoms with Gasteiger partial charge in [-0.05, 0) is 46.3 Å². The summed E-state index contributed by atoms with van der Waals surface area (Å²) in [5.74, 6) is 0.588. The lowest BCUT2D eigenvalue weighted by Gasteiger charge is -2.36. The second kappa shape index (κ2) is 8.43. The minimum atomic E-state index is -0.187. The van der Waals surface area contributed by atoms with Crippen molar-refractivity contribution in [2.75, 3.05) is 43.5 Å². The number of nitrogens with one attached hydrogen (secondary N) is 1. The molecule has 1 fully saturated rings. The molecule has 0 bridgehead atoms. The number of methoxy groups -OCH3 is 1. The van der Waals surface area contributed by atoms with E-state index in [2.05, 4.69) is 26.1 Å². The third-order valence-corrected chi connectivity index (χ3v) is 5.25. The van der Waals surface area contributed by atoms with E-state index in [1.807, 2.05) is 29.2 Å². The average Bonchev–Trinajstić information content (AvgIpc) is 2.68. The number of rotatable bonds is 4. The Kier molecular flexibility index (Phi) is 6.01. The van der Waals surface area contributed by atoms with E-state index in [1.165, 1.54) is 0 Å². The first-order valence-corrected chi connectivity index (χ1v) is 9.53. The van der Waals surface area contributed by atoms with Crippen LogP contribution in [-0.2, 0) is 4.79 Å². The molecule has 1 aliphatic rings. The molecule has 0 aliphatic carbocycles. The number of para-hydroxylation sites is 2. The van der Waals surface area contributed by atoms with Crippen LogP contribution in [0.5, 0.6) is 5.75 Å². The van der Waals surface area contributed by atoms with Gasteiger partial charge in [-0.3, -0.25) is 9.59 Å². The van der Waals surface area contributed by atoms with Crippen LogP contribution in [0.1, 0.15) is 17.3 Å². The largest absolute Gasteiger partial charge is 0.496 e. The highest BCUT2D eigenvalue weighted by molar-refractivity contribution is 9.10. The molecule has 0 atom stereocenters. The van der Waals surface area contributed by atoms with Crippen LogP contribution in [0.2, 0.25) is 0 Å². The highest BCUT2D eigenvalue weighted by Gasteiger charge is 2.21. The summed E-state index contributed by atoms with van der Waals surface area (Å²) in [5, 5.41) is 3.00. The molecule has 7 heteroatoms. The van der Waals surface area contributed by atoms with Crippen LogP contribution in [0.25, 0.3) is 0 Å². The number of nitrogens with zero attached hydrogens (tertiary/aromatic N) is 2. The molecule has 2 amide bonds. The van der Waals surface area contributed by atoms with Gasteiger partial charge in [-0.15, -0.1) is 0 Å². The van der Waals surface area contributed by atoms with Crippen molar-refractivity contribution in [3.8, 4) is 5.75 Å². The van der Waals surface area contributed by atoms with E-state index in [-0.39, 0.29) is 11.8 Å². The average molecular weight is 432 g/mol. The number of halogens is 1. The molecule has 6 nitrogen and oxygen atoms in total. The Balaban J connectivity index is 1.75. The van der Waals surface area contributed by atoms with Crippen molar-refractivity contribution in [2.45, 2.75) is 6.92 Å². The van der Waals surface area contributed by atoms with Gasteiger partial charge in [0.1, 0.15) is 5.75 Å². The highest BCUT2D eigenvalue weighted by Crippen LogP contribution is 2.29. The lowest BCUT2D eigenvalue weighted by molar-refractivity contribution is -0.129. The van der Waals surface area contributed by atoms with Crippen LogP contribution in [0, 0.1) is 0 Å². The van der Waals surface area contributed by atoms with Crippen molar-refractivity contribution >= 4 is 39.1 Å². The third-order valence-electron chi connectivity index (χ3n) is 4.63. The first-order chi connectivity index (χ1) is 13.0. The number of carbonyl (C=O) groups excluding carboxylic acids is 2. The number of hydrogen-bond donors (Lipinski definition) is 1. The van der Waals surface area contributed by atoms with Gasteiger partial charge in [-0.25, -0.2) is 0 Å². The molecule has 1 N–H and O–H groups in total. The Morgan fingerprint density at radius 2 is 1.78 bits per heavy atom. The van der Waals surface area contributed by atoms with Crippen LogP contribution < -0.4 is 15.0 Å². The van der Waals surface area contributed by atoms with Crippen molar-refractivity contribution in [1.29, 1.82) is 0 Å². The number of benzene rings is 2. The predicted octanol–water partition coefficient (Wildman–Crippen LogP) is 3.38. The lowest BCUT2D eigenvalue weighted by Crippen LogP contribution is -2.48. The second-order valence-corrected chi connectivity index (χ2v) is 7.17. The fraction of sp³-hybridized carbons (Fsp3) is 0.300. The van der Waals surface area contributed by atoms with E-state index >= 15 is 0 Å². The Hall–Kier alpha value is -2.54. The summed E-state index contributed by atoms with van der Waals surface area (Å²) in [6.07, 6.45) is 0. The third kappa shape index (κ3) is 4.42. The van der Waals surface area contributed by atoms with Gasteiger partial charge in [-0.2, -0.15) is 0 Å². The van der Waals surface area contributed by atoms with Crippen LogP contribution in [-0.4, -0.2) is 50.0 Å². The molecule has 0 spiro atoms. The quantitative estimate of drug-likeness (QED) is 0.805. The van der Waals surface area contributed by atoms with Crippen LogP contribution in [0.4, 0.5) is 11.4 Å². The van der Waals surface area contributed by atoms with Crippen molar-refractivity contribution in [3.05, 3.63) is 52.5 Å². The van der Waals surface area contributed by atoms with Crippen LogP contribution in [0.3, 0.4) is 0 Å². The molecule has 1 saturated heterocycles. The van der Waals surface area contributed by atoms with Crippen molar-refractivity contribution in [3.63, 3.8) is 0 Å². The SMILES string of the molecule is COc1ccc(C(=O)Nc2ccccc2N2CCN(C(C)=O)CC2)cc1Br. The van der Waals surface area contributed by atoms with Gasteiger partial charge >= 0.3 is 0 Å². The monoisotopic (exact) mass is 431 g/mol. The number of amides is 2. The second-order valence-electron chi connectivity index (χ2n) is 6.31. The number of piperazine rings is 1. The molecule has 0 saturated carbocycles. The van der Waals surface area contributed by atoms with Crippen molar-refractivity contribution in [1.82, 2.24) is 4.90 Å². The topological polar surface area (TPSA) is 61.9 Å². The van der Waals surface area contributed by atoms with Gasteiger partial charge in [0.25, 0.3) is 5.91 Å². The van der Waals surface area contributed by atoms with Gasteiger partial charge in [0.05, 0.1) is 23.0 Å². The van der Waals surface area contributed by atoms with Gasteiger partial charge in [0, 0.05) is 38.7 Å². The molecule has 27 heavy (non-hydrogen) atoms. The number of anilines is 2. The zero-order valence-electron chi connectivity index (χ0n) is 15.4. The maximum Gasteiger partial charge on any atom is 0.255 e. The molecular formula is C20H22BrN3O3. The number of ether oxygens (including phenoxy) is 1. The minimum Gasteiger partial charge on any atom is -0.496 e. The molecule has 0 aromatic heterocycles. The zero-order chi connectivity index (χ0) is 19.4. The van der Waals surface area contributed by atoms with Gasteiger partial charge in [0.15, 0.2) is 0 Å². The molecule has 2 aromatic carbocycles. The molecule has 1 heterocycles. The van der Waals surface area contributed by atoms with E-state index in [4.69, 9.17) is 4.74 Å². The van der Waals surface area contributed by atoms with E-state index in [1.54, 1.807) is 32.2 Å². The predicted molar refractivity (Wildman–Crippen MR) is 110 cm³/mol. The Morgan fingerprint density at radius 3 is 2.41 bits per heavy atom. The maximum absolute atomic E-state index is 12.7. The van der Waals surface area contributed by atoms with E-state index in [0.717, 1.165) is 28.9 Å². The summed E-state index contributed by atoms with van der Waals surface area (Å²) in [6, 6.07) is 13.0. The molecule has 142 valence electrons. The lowest BCUT2D eigenvalue weighted by atomic mass is 10.1. The van der Waals surface area contributed by atoms with Gasteiger partial charge in [-0.1, -0.05) is 12.1 Å². The molecule has 0 radical (unpaired) electrons. The smallest absolute Gasteiger partial charge is 0.255 e. The summed E-state index contributed by atoms with van der Waals surface area (Å²) in [7, 11) is 1.59. The molecular weight excluding hydrogens is 410 g/mol. The molecule has 1 aliphatic heterocycles. The standard InChI is InChI=1S/C20H22BrN3O3/c1-14(25)23-9-11-24(12-10-23)18-6-4-3-5-17(18)22-20(26)15-7-8-19(27-2)16(21)13-15/h3-8,13H,9-12H2,1-2H3,(H,22,26). The zero-order valence-corrected chi connectivity index (χ0v) is 17.0. The van der Waals surface area contributed by atoms with E-state index < -0.39 is 0 Å². The summed E-state index contributed by atoms with van der Waals surface area (Å²) in [6.45, 7) is 4.43.